The van der Waals surface area contributed by atoms with Crippen molar-refractivity contribution < 1.29 is 31.0 Å². The maximum absolute atomic E-state index is 11.5. The average molecular weight is 395 g/mol. The van der Waals surface area contributed by atoms with Crippen molar-refractivity contribution in [2.24, 2.45) is 0 Å². The fourth-order valence-electron chi connectivity index (χ4n) is 2.53. The second-order valence-electron chi connectivity index (χ2n) is 5.98. The van der Waals surface area contributed by atoms with E-state index in [0.29, 0.717) is 13.1 Å². The minimum Gasteiger partial charge on any atom is -0.392 e. The maximum atomic E-state index is 11.5. The van der Waals surface area contributed by atoms with Crippen LogP contribution in [0.4, 0.5) is 5.69 Å². The van der Waals surface area contributed by atoms with Crippen LogP contribution in [-0.2, 0) is 20.2 Å². The highest BCUT2D eigenvalue weighted by Crippen LogP contribution is 2.19. The molecule has 2 atom stereocenters. The summed E-state index contributed by atoms with van der Waals surface area (Å²) in [7, 11) is -8.91. The summed E-state index contributed by atoms with van der Waals surface area (Å²) in [6.07, 6.45) is -2.07. The molecule has 0 aliphatic carbocycles. The summed E-state index contributed by atoms with van der Waals surface area (Å²) in [6, 6.07) is 7.64. The third-order valence-corrected chi connectivity index (χ3v) is 5.94. The quantitative estimate of drug-likeness (QED) is 0.502. The predicted molar refractivity (Wildman–Crippen MR) is 96.1 cm³/mol. The van der Waals surface area contributed by atoms with Gasteiger partial charge in [0.1, 0.15) is 5.75 Å². The molecule has 0 aromatic heterocycles. The number of hydrogen-bond donors (Lipinski definition) is 3. The van der Waals surface area contributed by atoms with Gasteiger partial charge in [0.25, 0.3) is 20.2 Å². The number of nitrogens with zero attached hydrogens (tertiary/aromatic N) is 1. The average Bonchev–Trinajstić information content (AvgIpc) is 2.45. The first-order chi connectivity index (χ1) is 11.4. The Morgan fingerprint density at radius 3 is 2.08 bits per heavy atom. The number of anilines is 1. The molecule has 1 rings (SSSR count). The molecule has 2 unspecified atom stereocenters. The van der Waals surface area contributed by atoms with Gasteiger partial charge in [-0.1, -0.05) is 17.7 Å². The molecule has 0 aliphatic rings. The van der Waals surface area contributed by atoms with Gasteiger partial charge in [0.05, 0.1) is 11.4 Å². The van der Waals surface area contributed by atoms with Crippen LogP contribution in [0.1, 0.15) is 25.3 Å². The lowest BCUT2D eigenvalue weighted by atomic mass is 10.1. The van der Waals surface area contributed by atoms with Gasteiger partial charge in [-0.15, -0.1) is 0 Å². The first-order valence-electron chi connectivity index (χ1n) is 7.83. The summed E-state index contributed by atoms with van der Waals surface area (Å²) >= 11 is 0. The first-order valence-corrected chi connectivity index (χ1v) is 10.9. The minimum atomic E-state index is -4.47. The molecule has 0 saturated carbocycles. The van der Waals surface area contributed by atoms with Crippen LogP contribution in [0.3, 0.4) is 0 Å². The molecule has 0 spiro atoms. The molecule has 8 nitrogen and oxygen atoms in total. The fraction of sp³-hybridized carbons (Fsp3) is 0.600. The zero-order valence-corrected chi connectivity index (χ0v) is 15.9. The van der Waals surface area contributed by atoms with Crippen molar-refractivity contribution in [2.75, 3.05) is 23.7 Å². The van der Waals surface area contributed by atoms with Gasteiger partial charge in [-0.25, -0.2) is 0 Å². The first kappa shape index (κ1) is 21.8. The minimum absolute atomic E-state index is 0.00306. The Morgan fingerprint density at radius 1 is 1.08 bits per heavy atom. The van der Waals surface area contributed by atoms with E-state index in [1.54, 1.807) is 0 Å². The molecule has 144 valence electrons. The lowest BCUT2D eigenvalue weighted by Crippen LogP contribution is -2.34. The number of aliphatic hydroxyl groups excluding tert-OH is 1. The van der Waals surface area contributed by atoms with Crippen LogP contribution in [-0.4, -0.2) is 61.2 Å². The van der Waals surface area contributed by atoms with Crippen LogP contribution >= 0.6 is 0 Å². The van der Waals surface area contributed by atoms with E-state index in [0.717, 1.165) is 11.3 Å². The SMILES string of the molecule is CCN(CCC(CC(O)CS(=O)(=O)O)S(=O)(=O)O)c1ccc(C)cc1. The van der Waals surface area contributed by atoms with E-state index in [1.807, 2.05) is 43.0 Å². The van der Waals surface area contributed by atoms with Crippen molar-refractivity contribution in [1.82, 2.24) is 0 Å². The molecule has 0 heterocycles. The van der Waals surface area contributed by atoms with E-state index >= 15 is 0 Å². The van der Waals surface area contributed by atoms with Gasteiger partial charge in [0, 0.05) is 18.8 Å². The molecule has 0 fully saturated rings. The van der Waals surface area contributed by atoms with Crippen molar-refractivity contribution in [2.45, 2.75) is 38.0 Å². The van der Waals surface area contributed by atoms with Crippen LogP contribution in [0, 0.1) is 6.92 Å². The smallest absolute Gasteiger partial charge is 0.267 e. The van der Waals surface area contributed by atoms with Crippen LogP contribution in [0.5, 0.6) is 0 Å². The van der Waals surface area contributed by atoms with Crippen molar-refractivity contribution in [3.05, 3.63) is 29.8 Å². The van der Waals surface area contributed by atoms with Gasteiger partial charge in [-0.3, -0.25) is 9.11 Å². The zero-order chi connectivity index (χ0) is 19.3. The van der Waals surface area contributed by atoms with E-state index in [9.17, 15) is 26.5 Å². The standard InChI is InChI=1S/C15H25NO7S2/c1-3-16(13-6-4-12(2)5-7-13)9-8-15(25(21,22)23)10-14(17)11-24(18,19)20/h4-7,14-15,17H,3,8-11H2,1-2H3,(H,18,19,20)(H,21,22,23). The highest BCUT2D eigenvalue weighted by atomic mass is 32.2. The summed E-state index contributed by atoms with van der Waals surface area (Å²) in [4.78, 5) is 1.91. The topological polar surface area (TPSA) is 132 Å². The van der Waals surface area contributed by atoms with Crippen molar-refractivity contribution in [1.29, 1.82) is 0 Å². The predicted octanol–water partition coefficient (Wildman–Crippen LogP) is 1.11. The molecular weight excluding hydrogens is 370 g/mol. The van der Waals surface area contributed by atoms with E-state index in [-0.39, 0.29) is 6.42 Å². The molecule has 3 N–H and O–H groups in total. The van der Waals surface area contributed by atoms with E-state index in [2.05, 4.69) is 0 Å². The molecule has 0 amide bonds. The summed E-state index contributed by atoms with van der Waals surface area (Å²) in [6.45, 7) is 4.75. The van der Waals surface area contributed by atoms with E-state index in [4.69, 9.17) is 4.55 Å². The molecule has 25 heavy (non-hydrogen) atoms. The van der Waals surface area contributed by atoms with Crippen molar-refractivity contribution >= 4 is 25.9 Å². The van der Waals surface area contributed by atoms with Gasteiger partial charge in [0.15, 0.2) is 0 Å². The van der Waals surface area contributed by atoms with Crippen molar-refractivity contribution in [3.63, 3.8) is 0 Å². The van der Waals surface area contributed by atoms with Gasteiger partial charge in [-0.2, -0.15) is 16.8 Å². The zero-order valence-electron chi connectivity index (χ0n) is 14.2. The highest BCUT2D eigenvalue weighted by Gasteiger charge is 2.28. The van der Waals surface area contributed by atoms with Crippen LogP contribution in [0.25, 0.3) is 0 Å². The largest absolute Gasteiger partial charge is 0.392 e. The summed E-state index contributed by atoms with van der Waals surface area (Å²) < 4.78 is 62.7. The number of hydrogen-bond acceptors (Lipinski definition) is 6. The highest BCUT2D eigenvalue weighted by molar-refractivity contribution is 7.86. The molecule has 0 radical (unpaired) electrons. The van der Waals surface area contributed by atoms with Gasteiger partial charge in [-0.05, 0) is 38.8 Å². The third-order valence-electron chi connectivity index (χ3n) is 3.86. The van der Waals surface area contributed by atoms with Gasteiger partial charge < -0.3 is 10.0 Å². The Morgan fingerprint density at radius 2 is 1.64 bits per heavy atom. The molecule has 1 aromatic rings. The number of aryl methyl sites for hydroxylation is 1. The van der Waals surface area contributed by atoms with Crippen LogP contribution < -0.4 is 4.90 Å². The molecular formula is C15H25NO7S2. The molecule has 0 bridgehead atoms. The van der Waals surface area contributed by atoms with Crippen molar-refractivity contribution in [3.8, 4) is 0 Å². The van der Waals surface area contributed by atoms with E-state index < -0.39 is 43.8 Å². The summed E-state index contributed by atoms with van der Waals surface area (Å²) in [5, 5.41) is 8.33. The molecule has 10 heteroatoms. The lowest BCUT2D eigenvalue weighted by molar-refractivity contribution is 0.180. The molecule has 1 aromatic carbocycles. The second-order valence-corrected chi connectivity index (χ2v) is 9.17. The third kappa shape index (κ3) is 8.15. The Kier molecular flexibility index (Phi) is 7.82. The van der Waals surface area contributed by atoms with Crippen LogP contribution in [0.15, 0.2) is 24.3 Å². The lowest BCUT2D eigenvalue weighted by Gasteiger charge is -2.26. The normalized spacial score (nSPS) is 14.9. The Labute approximate surface area is 149 Å². The van der Waals surface area contributed by atoms with Gasteiger partial charge >= 0.3 is 0 Å². The Balaban J connectivity index is 2.79. The maximum Gasteiger partial charge on any atom is 0.267 e. The fourth-order valence-corrected chi connectivity index (χ4v) is 4.02. The molecule has 0 aliphatic heterocycles. The Hall–Kier alpha value is -1.20. The van der Waals surface area contributed by atoms with Gasteiger partial charge in [0.2, 0.25) is 0 Å². The second kappa shape index (κ2) is 8.95. The Bertz CT molecular complexity index is 745. The monoisotopic (exact) mass is 395 g/mol. The van der Waals surface area contributed by atoms with E-state index in [1.165, 1.54) is 0 Å². The van der Waals surface area contributed by atoms with Crippen LogP contribution in [0.2, 0.25) is 0 Å². The summed E-state index contributed by atoms with van der Waals surface area (Å²) in [5.41, 5.74) is 1.98. The molecule has 0 saturated heterocycles. The number of benzene rings is 1. The number of rotatable bonds is 10. The number of aliphatic hydroxyl groups is 1. The summed E-state index contributed by atoms with van der Waals surface area (Å²) in [5.74, 6) is -0.978.